The molecule has 1 rings (SSSR count). The molecule has 0 heterocycles. The molecule has 94 valence electrons. The van der Waals surface area contributed by atoms with Crippen LogP contribution >= 0.6 is 0 Å². The fourth-order valence-electron chi connectivity index (χ4n) is 1.87. The Hall–Kier alpha value is -1.35. The zero-order chi connectivity index (χ0) is 13.1. The summed E-state index contributed by atoms with van der Waals surface area (Å²) in [5.41, 5.74) is 7.10. The maximum Gasteiger partial charge on any atom is 0.248 e. The largest absolute Gasteiger partial charge is 0.366 e. The molecule has 0 atom stereocenters. The minimum Gasteiger partial charge on any atom is -0.366 e. The quantitative estimate of drug-likeness (QED) is 0.869. The van der Waals surface area contributed by atoms with Crippen LogP contribution in [0, 0.1) is 0 Å². The number of carbonyl (C=O) groups excluding carboxylic acids is 1. The highest BCUT2D eigenvalue weighted by Crippen LogP contribution is 2.17. The second-order valence-electron chi connectivity index (χ2n) is 5.25. The van der Waals surface area contributed by atoms with Crippen molar-refractivity contribution in [3.05, 3.63) is 35.4 Å². The lowest BCUT2D eigenvalue weighted by molar-refractivity contribution is 0.1000. The number of carbonyl (C=O) groups is 1. The van der Waals surface area contributed by atoms with Gasteiger partial charge in [0.25, 0.3) is 0 Å². The molecule has 1 aromatic rings. The maximum absolute atomic E-state index is 11.1. The number of benzene rings is 1. The molecule has 0 radical (unpaired) electrons. The minimum atomic E-state index is -0.370. The average Bonchev–Trinajstić information content (AvgIpc) is 2.24. The summed E-state index contributed by atoms with van der Waals surface area (Å²) >= 11 is 0. The van der Waals surface area contributed by atoms with Crippen LogP contribution in [-0.4, -0.2) is 22.9 Å². The standard InChI is InChI=1S/C14H22N2O/c1-5-16(14(2,3)4)10-11-7-6-8-12(9-11)13(15)17/h6-9H,5,10H2,1-4H3,(H2,15,17). The van der Waals surface area contributed by atoms with Crippen LogP contribution in [0.4, 0.5) is 0 Å². The molecule has 3 heteroatoms. The van der Waals surface area contributed by atoms with Gasteiger partial charge in [-0.3, -0.25) is 9.69 Å². The van der Waals surface area contributed by atoms with Gasteiger partial charge in [0, 0.05) is 17.6 Å². The third kappa shape index (κ3) is 3.86. The monoisotopic (exact) mass is 234 g/mol. The van der Waals surface area contributed by atoms with Crippen molar-refractivity contribution in [3.8, 4) is 0 Å². The highest BCUT2D eigenvalue weighted by Gasteiger charge is 2.19. The van der Waals surface area contributed by atoms with E-state index in [-0.39, 0.29) is 11.4 Å². The summed E-state index contributed by atoms with van der Waals surface area (Å²) < 4.78 is 0. The number of nitrogens with two attached hydrogens (primary N) is 1. The van der Waals surface area contributed by atoms with Crippen molar-refractivity contribution in [1.29, 1.82) is 0 Å². The first-order chi connectivity index (χ1) is 7.84. The van der Waals surface area contributed by atoms with Crippen LogP contribution in [0.3, 0.4) is 0 Å². The van der Waals surface area contributed by atoms with E-state index in [1.54, 1.807) is 6.07 Å². The third-order valence-corrected chi connectivity index (χ3v) is 2.92. The van der Waals surface area contributed by atoms with Gasteiger partial charge in [0.15, 0.2) is 0 Å². The zero-order valence-corrected chi connectivity index (χ0v) is 11.2. The Morgan fingerprint density at radius 2 is 2.00 bits per heavy atom. The summed E-state index contributed by atoms with van der Waals surface area (Å²) in [5, 5.41) is 0. The van der Waals surface area contributed by atoms with E-state index in [1.807, 2.05) is 18.2 Å². The van der Waals surface area contributed by atoms with Crippen molar-refractivity contribution < 1.29 is 4.79 Å². The number of nitrogens with zero attached hydrogens (tertiary/aromatic N) is 1. The van der Waals surface area contributed by atoms with Crippen molar-refractivity contribution in [2.45, 2.75) is 39.8 Å². The number of primary amides is 1. The Labute approximate surface area is 104 Å². The molecule has 1 amide bonds. The predicted octanol–water partition coefficient (Wildman–Crippen LogP) is 2.41. The van der Waals surface area contributed by atoms with Gasteiger partial charge in [0.05, 0.1) is 0 Å². The molecule has 0 aliphatic carbocycles. The second-order valence-corrected chi connectivity index (χ2v) is 5.25. The van der Waals surface area contributed by atoms with Gasteiger partial charge in [-0.25, -0.2) is 0 Å². The van der Waals surface area contributed by atoms with E-state index in [9.17, 15) is 4.79 Å². The summed E-state index contributed by atoms with van der Waals surface area (Å²) in [5.74, 6) is -0.370. The first-order valence-corrected chi connectivity index (χ1v) is 5.98. The van der Waals surface area contributed by atoms with E-state index in [1.165, 1.54) is 0 Å². The molecular weight excluding hydrogens is 212 g/mol. The Balaban J connectivity index is 2.87. The van der Waals surface area contributed by atoms with Crippen LogP contribution in [0.15, 0.2) is 24.3 Å². The molecule has 0 bridgehead atoms. The van der Waals surface area contributed by atoms with Gasteiger partial charge in [-0.05, 0) is 45.0 Å². The fourth-order valence-corrected chi connectivity index (χ4v) is 1.87. The van der Waals surface area contributed by atoms with Gasteiger partial charge in [-0.15, -0.1) is 0 Å². The van der Waals surface area contributed by atoms with Gasteiger partial charge < -0.3 is 5.73 Å². The topological polar surface area (TPSA) is 46.3 Å². The Morgan fingerprint density at radius 1 is 1.35 bits per heavy atom. The molecule has 0 fully saturated rings. The smallest absolute Gasteiger partial charge is 0.248 e. The van der Waals surface area contributed by atoms with Crippen molar-refractivity contribution in [2.24, 2.45) is 5.73 Å². The van der Waals surface area contributed by atoms with Crippen molar-refractivity contribution >= 4 is 5.91 Å². The fraction of sp³-hybridized carbons (Fsp3) is 0.500. The number of hydrogen-bond acceptors (Lipinski definition) is 2. The second kappa shape index (κ2) is 5.32. The van der Waals surface area contributed by atoms with E-state index in [4.69, 9.17) is 5.73 Å². The lowest BCUT2D eigenvalue weighted by Gasteiger charge is -2.34. The molecule has 0 unspecified atom stereocenters. The highest BCUT2D eigenvalue weighted by atomic mass is 16.1. The average molecular weight is 234 g/mol. The molecule has 17 heavy (non-hydrogen) atoms. The first-order valence-electron chi connectivity index (χ1n) is 5.98. The van der Waals surface area contributed by atoms with Gasteiger partial charge in [-0.1, -0.05) is 19.1 Å². The van der Waals surface area contributed by atoms with Gasteiger partial charge in [0.2, 0.25) is 5.91 Å². The molecule has 0 aromatic heterocycles. The van der Waals surface area contributed by atoms with Crippen LogP contribution in [0.2, 0.25) is 0 Å². The molecule has 0 aliphatic rings. The van der Waals surface area contributed by atoms with E-state index in [2.05, 4.69) is 32.6 Å². The summed E-state index contributed by atoms with van der Waals surface area (Å²) in [7, 11) is 0. The zero-order valence-electron chi connectivity index (χ0n) is 11.2. The van der Waals surface area contributed by atoms with Crippen LogP contribution < -0.4 is 5.73 Å². The number of hydrogen-bond donors (Lipinski definition) is 1. The Kier molecular flexibility index (Phi) is 4.29. The molecule has 0 saturated heterocycles. The van der Waals surface area contributed by atoms with E-state index >= 15 is 0 Å². The van der Waals surface area contributed by atoms with Crippen molar-refractivity contribution in [2.75, 3.05) is 6.54 Å². The Bertz CT molecular complexity index is 393. The summed E-state index contributed by atoms with van der Waals surface area (Å²) in [6.45, 7) is 10.5. The number of rotatable bonds is 4. The lowest BCUT2D eigenvalue weighted by atomic mass is 10.0. The maximum atomic E-state index is 11.1. The van der Waals surface area contributed by atoms with E-state index in [0.29, 0.717) is 5.56 Å². The van der Waals surface area contributed by atoms with Crippen molar-refractivity contribution in [3.63, 3.8) is 0 Å². The molecule has 3 nitrogen and oxygen atoms in total. The van der Waals surface area contributed by atoms with Gasteiger partial charge in [-0.2, -0.15) is 0 Å². The first kappa shape index (κ1) is 13.7. The molecule has 0 aliphatic heterocycles. The molecule has 1 aromatic carbocycles. The van der Waals surface area contributed by atoms with E-state index < -0.39 is 0 Å². The van der Waals surface area contributed by atoms with Crippen LogP contribution in [0.5, 0.6) is 0 Å². The molecule has 0 spiro atoms. The predicted molar refractivity (Wildman–Crippen MR) is 70.8 cm³/mol. The summed E-state index contributed by atoms with van der Waals surface area (Å²) in [4.78, 5) is 13.5. The minimum absolute atomic E-state index is 0.122. The summed E-state index contributed by atoms with van der Waals surface area (Å²) in [6, 6.07) is 7.53. The highest BCUT2D eigenvalue weighted by molar-refractivity contribution is 5.92. The van der Waals surface area contributed by atoms with Crippen LogP contribution in [-0.2, 0) is 6.54 Å². The van der Waals surface area contributed by atoms with Gasteiger partial charge >= 0.3 is 0 Å². The van der Waals surface area contributed by atoms with E-state index in [0.717, 1.165) is 18.7 Å². The SMILES string of the molecule is CCN(Cc1cccc(C(N)=O)c1)C(C)(C)C. The van der Waals surface area contributed by atoms with Gasteiger partial charge in [0.1, 0.15) is 0 Å². The third-order valence-electron chi connectivity index (χ3n) is 2.92. The van der Waals surface area contributed by atoms with Crippen molar-refractivity contribution in [1.82, 2.24) is 4.90 Å². The van der Waals surface area contributed by atoms with Crippen LogP contribution in [0.1, 0.15) is 43.6 Å². The molecular formula is C14H22N2O. The molecule has 0 saturated carbocycles. The Morgan fingerprint density at radius 3 is 2.47 bits per heavy atom. The summed E-state index contributed by atoms with van der Waals surface area (Å²) in [6.07, 6.45) is 0. The van der Waals surface area contributed by atoms with Crippen LogP contribution in [0.25, 0.3) is 0 Å². The normalized spacial score (nSPS) is 11.8. The molecule has 2 N–H and O–H groups in total. The number of amides is 1. The lowest BCUT2D eigenvalue weighted by Crippen LogP contribution is -2.40.